The molecule has 4 atom stereocenters. The molecule has 1 heterocycles. The van der Waals surface area contributed by atoms with Crippen LogP contribution in [0.25, 0.3) is 11.1 Å². The minimum Gasteiger partial charge on any atom is -0.467 e. The van der Waals surface area contributed by atoms with E-state index >= 15 is 0 Å². The first-order valence-corrected chi connectivity index (χ1v) is 17.2. The molecule has 5 rings (SSSR count). The summed E-state index contributed by atoms with van der Waals surface area (Å²) in [6.45, 7) is 0.392. The Morgan fingerprint density at radius 2 is 1.58 bits per heavy atom. The zero-order valence-corrected chi connectivity index (χ0v) is 27.7. The number of benzene rings is 4. The van der Waals surface area contributed by atoms with Crippen molar-refractivity contribution in [2.24, 2.45) is 0 Å². The van der Waals surface area contributed by atoms with Crippen molar-refractivity contribution in [1.82, 2.24) is 10.6 Å². The monoisotopic (exact) mass is 670 g/mol. The van der Waals surface area contributed by atoms with E-state index in [-0.39, 0.29) is 32.0 Å². The SMILES string of the molecule is COC(=O)[C@H](Cc1ccccc1)NC(=O)NCc1cccc(-c2ccc([C@H]3O[C@@H](CSCCO)C[C@@H](c4ccc(CO)cc4)O3)cc2)c1. The molecule has 0 spiro atoms. The lowest BCUT2D eigenvalue weighted by molar-refractivity contribution is -0.245. The maximum absolute atomic E-state index is 12.7. The van der Waals surface area contributed by atoms with E-state index in [0.717, 1.165) is 44.7 Å². The van der Waals surface area contributed by atoms with Gasteiger partial charge in [-0.1, -0.05) is 97.1 Å². The Bertz CT molecular complexity index is 1600. The molecule has 1 aliphatic rings. The summed E-state index contributed by atoms with van der Waals surface area (Å²) in [5.41, 5.74) is 6.59. The summed E-state index contributed by atoms with van der Waals surface area (Å²) in [6.07, 6.45) is 0.245. The third-order valence-corrected chi connectivity index (χ3v) is 9.20. The summed E-state index contributed by atoms with van der Waals surface area (Å²) < 4.78 is 17.7. The Balaban J connectivity index is 1.22. The Morgan fingerprint density at radius 1 is 0.854 bits per heavy atom. The zero-order chi connectivity index (χ0) is 33.7. The van der Waals surface area contributed by atoms with Gasteiger partial charge < -0.3 is 35.1 Å². The van der Waals surface area contributed by atoms with Gasteiger partial charge in [0.05, 0.1) is 32.5 Å². The normalized spacial score (nSPS) is 18.1. The van der Waals surface area contributed by atoms with E-state index in [4.69, 9.17) is 14.2 Å². The highest BCUT2D eigenvalue weighted by atomic mass is 32.2. The minimum atomic E-state index is -0.809. The number of ether oxygens (including phenoxy) is 3. The van der Waals surface area contributed by atoms with Gasteiger partial charge in [0.2, 0.25) is 0 Å². The van der Waals surface area contributed by atoms with Crippen molar-refractivity contribution in [2.45, 2.75) is 50.5 Å². The molecule has 0 bridgehead atoms. The van der Waals surface area contributed by atoms with Gasteiger partial charge in [-0.05, 0) is 39.4 Å². The van der Waals surface area contributed by atoms with E-state index in [1.165, 1.54) is 7.11 Å². The van der Waals surface area contributed by atoms with Gasteiger partial charge in [-0.3, -0.25) is 0 Å². The number of aliphatic hydroxyl groups excluding tert-OH is 2. The summed E-state index contributed by atoms with van der Waals surface area (Å²) in [4.78, 5) is 25.1. The molecule has 2 amide bonds. The second-order valence-electron chi connectivity index (χ2n) is 11.6. The number of carbonyl (C=O) groups is 2. The first kappa shape index (κ1) is 35.1. The fourth-order valence-electron chi connectivity index (χ4n) is 5.57. The van der Waals surface area contributed by atoms with Gasteiger partial charge in [-0.2, -0.15) is 11.8 Å². The molecule has 0 radical (unpaired) electrons. The highest BCUT2D eigenvalue weighted by Crippen LogP contribution is 2.39. The Kier molecular flexibility index (Phi) is 13.0. The van der Waals surface area contributed by atoms with Gasteiger partial charge >= 0.3 is 12.0 Å². The van der Waals surface area contributed by atoms with Crippen LogP contribution < -0.4 is 10.6 Å². The van der Waals surface area contributed by atoms with Crippen LogP contribution in [-0.4, -0.2) is 59.6 Å². The smallest absolute Gasteiger partial charge is 0.328 e. The van der Waals surface area contributed by atoms with E-state index in [0.29, 0.717) is 18.6 Å². The van der Waals surface area contributed by atoms with Gasteiger partial charge in [0.1, 0.15) is 6.04 Å². The average Bonchev–Trinajstić information content (AvgIpc) is 3.14. The van der Waals surface area contributed by atoms with Gasteiger partial charge in [0.15, 0.2) is 6.29 Å². The Labute approximate surface area is 285 Å². The van der Waals surface area contributed by atoms with Crippen molar-refractivity contribution >= 4 is 23.8 Å². The number of nitrogens with one attached hydrogen (secondary N) is 2. The molecule has 4 aromatic carbocycles. The third kappa shape index (κ3) is 9.91. The van der Waals surface area contributed by atoms with Crippen LogP contribution in [0.5, 0.6) is 0 Å². The molecule has 4 N–H and O–H groups in total. The van der Waals surface area contributed by atoms with Crippen LogP contribution in [0, 0.1) is 0 Å². The Hall–Kier alpha value is -4.19. The lowest BCUT2D eigenvalue weighted by atomic mass is 9.99. The summed E-state index contributed by atoms with van der Waals surface area (Å²) >= 11 is 1.66. The number of amides is 2. The molecular formula is C38H42N2O7S. The summed E-state index contributed by atoms with van der Waals surface area (Å²) in [5.74, 6) is 0.892. The first-order valence-electron chi connectivity index (χ1n) is 16.0. The van der Waals surface area contributed by atoms with E-state index < -0.39 is 24.3 Å². The second kappa shape index (κ2) is 17.8. The predicted octanol–water partition coefficient (Wildman–Crippen LogP) is 5.70. The molecule has 4 aromatic rings. The second-order valence-corrected chi connectivity index (χ2v) is 12.7. The van der Waals surface area contributed by atoms with E-state index in [1.807, 2.05) is 103 Å². The topological polar surface area (TPSA) is 126 Å². The van der Waals surface area contributed by atoms with Crippen molar-refractivity contribution in [2.75, 3.05) is 25.2 Å². The molecule has 0 aliphatic carbocycles. The number of urea groups is 1. The van der Waals surface area contributed by atoms with Crippen molar-refractivity contribution in [3.63, 3.8) is 0 Å². The molecule has 252 valence electrons. The zero-order valence-electron chi connectivity index (χ0n) is 26.9. The lowest BCUT2D eigenvalue weighted by Gasteiger charge is -2.36. The van der Waals surface area contributed by atoms with Crippen LogP contribution in [0.2, 0.25) is 0 Å². The standard InChI is InChI=1S/C38H42N2O7S/c1-45-36(43)34(21-26-6-3-2-4-7-26)40-38(44)39-23-28-8-5-9-32(20-28)29-14-16-31(17-15-29)37-46-33(25-48-19-18-41)22-35(47-37)30-12-10-27(24-42)11-13-30/h2-17,20,33-35,37,41-42H,18-19,21-25H2,1H3,(H2,39,40,44)/t33-,34+,35+,37+/m1/s1. The number of hydrogen-bond acceptors (Lipinski definition) is 8. The van der Waals surface area contributed by atoms with Gasteiger partial charge in [-0.15, -0.1) is 0 Å². The molecule has 1 saturated heterocycles. The van der Waals surface area contributed by atoms with E-state index in [2.05, 4.69) is 10.6 Å². The predicted molar refractivity (Wildman–Crippen MR) is 186 cm³/mol. The minimum absolute atomic E-state index is 0.00821. The lowest BCUT2D eigenvalue weighted by Crippen LogP contribution is -2.47. The maximum atomic E-state index is 12.7. The first-order chi connectivity index (χ1) is 23.4. The van der Waals surface area contributed by atoms with Crippen LogP contribution in [0.3, 0.4) is 0 Å². The highest BCUT2D eigenvalue weighted by Gasteiger charge is 2.32. The molecule has 48 heavy (non-hydrogen) atoms. The Morgan fingerprint density at radius 3 is 2.29 bits per heavy atom. The summed E-state index contributed by atoms with van der Waals surface area (Å²) in [5, 5.41) is 24.3. The fourth-order valence-corrected chi connectivity index (χ4v) is 6.35. The number of rotatable bonds is 14. The molecule has 1 fully saturated rings. The number of esters is 1. The number of thioether (sulfide) groups is 1. The molecule has 0 saturated carbocycles. The third-order valence-electron chi connectivity index (χ3n) is 8.12. The number of carbonyl (C=O) groups excluding carboxylic acids is 2. The van der Waals surface area contributed by atoms with Gasteiger partial charge in [-0.25, -0.2) is 9.59 Å². The van der Waals surface area contributed by atoms with E-state index in [1.54, 1.807) is 11.8 Å². The van der Waals surface area contributed by atoms with Crippen LogP contribution in [0.4, 0.5) is 4.79 Å². The van der Waals surface area contributed by atoms with Crippen LogP contribution in [0.1, 0.15) is 46.6 Å². The molecule has 10 heteroatoms. The molecule has 0 unspecified atom stereocenters. The van der Waals surface area contributed by atoms with Crippen molar-refractivity contribution < 1.29 is 34.0 Å². The van der Waals surface area contributed by atoms with Crippen molar-refractivity contribution in [3.8, 4) is 11.1 Å². The maximum Gasteiger partial charge on any atom is 0.328 e. The van der Waals surface area contributed by atoms with Crippen LogP contribution in [0.15, 0.2) is 103 Å². The van der Waals surface area contributed by atoms with Crippen molar-refractivity contribution in [1.29, 1.82) is 0 Å². The average molecular weight is 671 g/mol. The quantitative estimate of drug-likeness (QED) is 0.0995. The van der Waals surface area contributed by atoms with E-state index in [9.17, 15) is 19.8 Å². The fraction of sp³-hybridized carbons (Fsp3) is 0.316. The molecular weight excluding hydrogens is 628 g/mol. The van der Waals surface area contributed by atoms with Crippen LogP contribution in [-0.2, 0) is 38.6 Å². The van der Waals surface area contributed by atoms with Crippen molar-refractivity contribution in [3.05, 3.63) is 131 Å². The molecule has 1 aliphatic heterocycles. The summed E-state index contributed by atoms with van der Waals surface area (Å²) in [7, 11) is 1.31. The number of methoxy groups -OCH3 is 1. The summed E-state index contributed by atoms with van der Waals surface area (Å²) in [6, 6.07) is 32.0. The molecule has 9 nitrogen and oxygen atoms in total. The van der Waals surface area contributed by atoms with Gasteiger partial charge in [0.25, 0.3) is 0 Å². The molecule has 0 aromatic heterocycles. The number of hydrogen-bond donors (Lipinski definition) is 4. The highest BCUT2D eigenvalue weighted by molar-refractivity contribution is 7.99. The van der Waals surface area contributed by atoms with Crippen LogP contribution >= 0.6 is 11.8 Å². The largest absolute Gasteiger partial charge is 0.467 e. The number of aliphatic hydroxyl groups is 2. The van der Waals surface area contributed by atoms with Gasteiger partial charge in [0, 0.05) is 36.5 Å².